The molecule has 1 rings (SSSR count). The zero-order valence-corrected chi connectivity index (χ0v) is 14.3. The molecule has 0 aliphatic heterocycles. The SMILES string of the molecule is CCC(Br)CCNC(=O)C(c1ccccc1)C(C)CC. The molecule has 0 aliphatic rings. The lowest BCUT2D eigenvalue weighted by atomic mass is 9.85. The van der Waals surface area contributed by atoms with Crippen molar-refractivity contribution >= 4 is 21.8 Å². The van der Waals surface area contributed by atoms with Crippen LogP contribution in [0.3, 0.4) is 0 Å². The van der Waals surface area contributed by atoms with Crippen molar-refractivity contribution in [3.05, 3.63) is 35.9 Å². The molecule has 0 bridgehead atoms. The highest BCUT2D eigenvalue weighted by Gasteiger charge is 2.25. The van der Waals surface area contributed by atoms with Crippen molar-refractivity contribution in [2.45, 2.75) is 50.8 Å². The van der Waals surface area contributed by atoms with E-state index in [1.807, 2.05) is 18.2 Å². The molecule has 0 fully saturated rings. The summed E-state index contributed by atoms with van der Waals surface area (Å²) < 4.78 is 0. The molecule has 0 spiro atoms. The van der Waals surface area contributed by atoms with Crippen LogP contribution in [-0.2, 0) is 4.79 Å². The Morgan fingerprint density at radius 2 is 1.85 bits per heavy atom. The minimum atomic E-state index is -0.0448. The fraction of sp³-hybridized carbons (Fsp3) is 0.588. The lowest BCUT2D eigenvalue weighted by Crippen LogP contribution is -2.34. The van der Waals surface area contributed by atoms with Gasteiger partial charge in [-0.05, 0) is 24.3 Å². The third kappa shape index (κ3) is 5.28. The molecule has 3 atom stereocenters. The third-order valence-corrected chi connectivity index (χ3v) is 4.96. The predicted molar refractivity (Wildman–Crippen MR) is 89.3 cm³/mol. The van der Waals surface area contributed by atoms with E-state index in [-0.39, 0.29) is 11.8 Å². The zero-order chi connectivity index (χ0) is 15.0. The van der Waals surface area contributed by atoms with Gasteiger partial charge in [-0.15, -0.1) is 0 Å². The average molecular weight is 340 g/mol. The number of nitrogens with one attached hydrogen (secondary N) is 1. The van der Waals surface area contributed by atoms with Crippen LogP contribution in [0, 0.1) is 5.92 Å². The maximum atomic E-state index is 12.5. The number of alkyl halides is 1. The first-order valence-electron chi connectivity index (χ1n) is 7.56. The van der Waals surface area contributed by atoms with Gasteiger partial charge in [0.2, 0.25) is 5.91 Å². The highest BCUT2D eigenvalue weighted by molar-refractivity contribution is 9.09. The second-order valence-electron chi connectivity index (χ2n) is 5.36. The van der Waals surface area contributed by atoms with Crippen LogP contribution >= 0.6 is 15.9 Å². The van der Waals surface area contributed by atoms with Crippen LogP contribution < -0.4 is 5.32 Å². The number of carbonyl (C=O) groups is 1. The molecular weight excluding hydrogens is 314 g/mol. The first-order chi connectivity index (χ1) is 9.60. The zero-order valence-electron chi connectivity index (χ0n) is 12.7. The van der Waals surface area contributed by atoms with E-state index in [2.05, 4.69) is 54.2 Å². The van der Waals surface area contributed by atoms with E-state index in [0.717, 1.165) is 31.4 Å². The summed E-state index contributed by atoms with van der Waals surface area (Å²) in [5.41, 5.74) is 1.12. The molecule has 1 N–H and O–H groups in total. The lowest BCUT2D eigenvalue weighted by molar-refractivity contribution is -0.123. The summed E-state index contributed by atoms with van der Waals surface area (Å²) in [7, 11) is 0. The van der Waals surface area contributed by atoms with Crippen molar-refractivity contribution in [2.24, 2.45) is 5.92 Å². The van der Waals surface area contributed by atoms with Gasteiger partial charge in [0.15, 0.2) is 0 Å². The van der Waals surface area contributed by atoms with Crippen molar-refractivity contribution in [1.29, 1.82) is 0 Å². The van der Waals surface area contributed by atoms with E-state index in [1.165, 1.54) is 0 Å². The van der Waals surface area contributed by atoms with Crippen LogP contribution in [0.5, 0.6) is 0 Å². The van der Waals surface area contributed by atoms with Crippen LogP contribution in [0.2, 0.25) is 0 Å². The van der Waals surface area contributed by atoms with Crippen LogP contribution in [0.25, 0.3) is 0 Å². The van der Waals surface area contributed by atoms with Crippen molar-refractivity contribution in [1.82, 2.24) is 5.32 Å². The van der Waals surface area contributed by atoms with E-state index in [9.17, 15) is 4.79 Å². The van der Waals surface area contributed by atoms with E-state index in [4.69, 9.17) is 0 Å². The molecule has 0 radical (unpaired) electrons. The highest BCUT2D eigenvalue weighted by atomic mass is 79.9. The molecule has 0 aromatic heterocycles. The fourth-order valence-corrected chi connectivity index (χ4v) is 2.53. The van der Waals surface area contributed by atoms with E-state index < -0.39 is 0 Å². The van der Waals surface area contributed by atoms with Crippen molar-refractivity contribution in [3.63, 3.8) is 0 Å². The second kappa shape index (κ2) is 9.17. The standard InChI is InChI=1S/C17H26BrNO/c1-4-13(3)16(14-9-7-6-8-10-14)17(20)19-12-11-15(18)5-2/h6-10,13,15-16H,4-5,11-12H2,1-3H3,(H,19,20). The summed E-state index contributed by atoms with van der Waals surface area (Å²) in [4.78, 5) is 13.0. The maximum Gasteiger partial charge on any atom is 0.227 e. The smallest absolute Gasteiger partial charge is 0.227 e. The Labute approximate surface area is 131 Å². The highest BCUT2D eigenvalue weighted by Crippen LogP contribution is 2.27. The van der Waals surface area contributed by atoms with Crippen LogP contribution in [-0.4, -0.2) is 17.3 Å². The molecule has 0 saturated carbocycles. The summed E-state index contributed by atoms with van der Waals surface area (Å²) in [5, 5.41) is 3.09. The van der Waals surface area contributed by atoms with Gasteiger partial charge in [0.25, 0.3) is 0 Å². The molecule has 112 valence electrons. The third-order valence-electron chi connectivity index (χ3n) is 3.85. The normalized spacial score (nSPS) is 15.4. The Kier molecular flexibility index (Phi) is 7.90. The minimum absolute atomic E-state index is 0.0448. The Hall–Kier alpha value is -0.830. The van der Waals surface area contributed by atoms with Crippen LogP contribution in [0.1, 0.15) is 51.5 Å². The van der Waals surface area contributed by atoms with Crippen LogP contribution in [0.4, 0.5) is 0 Å². The molecule has 2 nitrogen and oxygen atoms in total. The second-order valence-corrected chi connectivity index (χ2v) is 6.65. The Morgan fingerprint density at radius 3 is 2.40 bits per heavy atom. The Bertz CT molecular complexity index is 393. The molecule has 0 heterocycles. The number of hydrogen-bond donors (Lipinski definition) is 1. The van der Waals surface area contributed by atoms with Gasteiger partial charge in [-0.3, -0.25) is 4.79 Å². The van der Waals surface area contributed by atoms with Gasteiger partial charge in [-0.2, -0.15) is 0 Å². The van der Waals surface area contributed by atoms with Crippen molar-refractivity contribution < 1.29 is 4.79 Å². The number of benzene rings is 1. The molecule has 1 aromatic carbocycles. The number of amides is 1. The molecule has 3 heteroatoms. The summed E-state index contributed by atoms with van der Waals surface area (Å²) in [6.07, 6.45) is 3.07. The van der Waals surface area contributed by atoms with E-state index in [1.54, 1.807) is 0 Å². The Morgan fingerprint density at radius 1 is 1.20 bits per heavy atom. The summed E-state index contributed by atoms with van der Waals surface area (Å²) in [6, 6.07) is 10.1. The molecule has 1 amide bonds. The van der Waals surface area contributed by atoms with Gasteiger partial charge in [0.05, 0.1) is 5.92 Å². The molecule has 20 heavy (non-hydrogen) atoms. The molecular formula is C17H26BrNO. The largest absolute Gasteiger partial charge is 0.356 e. The monoisotopic (exact) mass is 339 g/mol. The maximum absolute atomic E-state index is 12.5. The van der Waals surface area contributed by atoms with Gasteiger partial charge in [0, 0.05) is 11.4 Å². The molecule has 0 saturated heterocycles. The number of halogens is 1. The van der Waals surface area contributed by atoms with Crippen molar-refractivity contribution in [3.8, 4) is 0 Å². The Balaban J connectivity index is 2.67. The first kappa shape index (κ1) is 17.2. The fourth-order valence-electron chi connectivity index (χ4n) is 2.30. The number of carbonyl (C=O) groups excluding carboxylic acids is 1. The first-order valence-corrected chi connectivity index (χ1v) is 8.48. The molecule has 1 aromatic rings. The van der Waals surface area contributed by atoms with Gasteiger partial charge in [0.1, 0.15) is 0 Å². The molecule has 0 aliphatic carbocycles. The predicted octanol–water partition coefficient (Wildman–Crippen LogP) is 4.50. The van der Waals surface area contributed by atoms with Crippen molar-refractivity contribution in [2.75, 3.05) is 6.54 Å². The van der Waals surface area contributed by atoms with Gasteiger partial charge in [-0.25, -0.2) is 0 Å². The van der Waals surface area contributed by atoms with E-state index in [0.29, 0.717) is 10.7 Å². The van der Waals surface area contributed by atoms with E-state index >= 15 is 0 Å². The number of hydrogen-bond acceptors (Lipinski definition) is 1. The van der Waals surface area contributed by atoms with Gasteiger partial charge in [-0.1, -0.05) is 73.5 Å². The van der Waals surface area contributed by atoms with Crippen LogP contribution in [0.15, 0.2) is 30.3 Å². The van der Waals surface area contributed by atoms with Gasteiger partial charge >= 0.3 is 0 Å². The quantitative estimate of drug-likeness (QED) is 0.694. The topological polar surface area (TPSA) is 29.1 Å². The minimum Gasteiger partial charge on any atom is -0.356 e. The molecule has 3 unspecified atom stereocenters. The number of rotatable bonds is 8. The lowest BCUT2D eigenvalue weighted by Gasteiger charge is -2.23. The summed E-state index contributed by atoms with van der Waals surface area (Å²) in [5.74, 6) is 0.460. The summed E-state index contributed by atoms with van der Waals surface area (Å²) >= 11 is 3.60. The summed E-state index contributed by atoms with van der Waals surface area (Å²) in [6.45, 7) is 7.17. The average Bonchev–Trinajstić information content (AvgIpc) is 2.48. The van der Waals surface area contributed by atoms with Gasteiger partial charge < -0.3 is 5.32 Å².